The molecule has 37 heavy (non-hydrogen) atoms. The van der Waals surface area contributed by atoms with Crippen molar-refractivity contribution in [2.24, 2.45) is 5.10 Å². The maximum Gasteiger partial charge on any atom is 0.317 e. The molecule has 200 valence electrons. The third kappa shape index (κ3) is 6.60. The molecule has 0 unspecified atom stereocenters. The van der Waals surface area contributed by atoms with Crippen molar-refractivity contribution in [2.45, 2.75) is 19.4 Å². The van der Waals surface area contributed by atoms with Gasteiger partial charge in [-0.2, -0.15) is 5.10 Å². The smallest absolute Gasteiger partial charge is 0.317 e. The van der Waals surface area contributed by atoms with Gasteiger partial charge in [0, 0.05) is 44.7 Å². The summed E-state index contributed by atoms with van der Waals surface area (Å²) >= 11 is 1.58. The molecule has 11 heteroatoms. The zero-order chi connectivity index (χ0) is 26.2. The Hall–Kier alpha value is -3.15. The van der Waals surface area contributed by atoms with Crippen LogP contribution in [0.3, 0.4) is 0 Å². The highest BCUT2D eigenvalue weighted by molar-refractivity contribution is 7.12. The van der Waals surface area contributed by atoms with Crippen LogP contribution in [0.2, 0.25) is 0 Å². The minimum Gasteiger partial charge on any atom is -0.497 e. The van der Waals surface area contributed by atoms with Crippen molar-refractivity contribution >= 4 is 29.0 Å². The number of carbonyl (C=O) groups excluding carboxylic acids is 2. The first-order valence-electron chi connectivity index (χ1n) is 12.5. The molecule has 3 heterocycles. The zero-order valence-electron chi connectivity index (χ0n) is 21.6. The normalized spacial score (nSPS) is 17.9. The van der Waals surface area contributed by atoms with Crippen molar-refractivity contribution in [3.8, 4) is 11.5 Å². The number of nitrogens with one attached hydrogen (secondary N) is 1. The number of carbonyl (C=O) groups is 2. The molecule has 2 aliphatic rings. The summed E-state index contributed by atoms with van der Waals surface area (Å²) in [5, 5.41) is 11.1. The van der Waals surface area contributed by atoms with Crippen molar-refractivity contribution in [3.63, 3.8) is 0 Å². The highest BCUT2D eigenvalue weighted by atomic mass is 32.1. The Labute approximate surface area is 221 Å². The van der Waals surface area contributed by atoms with E-state index in [9.17, 15) is 9.59 Å². The average Bonchev–Trinajstić information content (AvgIpc) is 3.62. The summed E-state index contributed by atoms with van der Waals surface area (Å²) in [7, 11) is 3.21. The highest BCUT2D eigenvalue weighted by Gasteiger charge is 2.36. The molecular weight excluding hydrogens is 494 g/mol. The van der Waals surface area contributed by atoms with E-state index in [0.717, 1.165) is 29.2 Å². The largest absolute Gasteiger partial charge is 0.497 e. The molecule has 2 aliphatic heterocycles. The second kappa shape index (κ2) is 12.9. The first-order valence-corrected chi connectivity index (χ1v) is 13.4. The second-order valence-electron chi connectivity index (χ2n) is 8.80. The van der Waals surface area contributed by atoms with Crippen LogP contribution in [0.15, 0.2) is 40.8 Å². The number of nitrogens with zero attached hydrogens (tertiary/aromatic N) is 4. The predicted molar refractivity (Wildman–Crippen MR) is 143 cm³/mol. The van der Waals surface area contributed by atoms with Crippen LogP contribution >= 0.6 is 11.3 Å². The van der Waals surface area contributed by atoms with Crippen molar-refractivity contribution in [3.05, 3.63) is 46.2 Å². The summed E-state index contributed by atoms with van der Waals surface area (Å²) in [6, 6.07) is 8.87. The monoisotopic (exact) mass is 529 g/mol. The Kier molecular flexibility index (Phi) is 9.37. The highest BCUT2D eigenvalue weighted by Crippen LogP contribution is 2.39. The Morgan fingerprint density at radius 2 is 2.03 bits per heavy atom. The number of hydrogen-bond acceptors (Lipinski definition) is 8. The number of morpholine rings is 1. The van der Waals surface area contributed by atoms with E-state index in [4.69, 9.17) is 19.3 Å². The average molecular weight is 530 g/mol. The molecule has 1 saturated heterocycles. The van der Waals surface area contributed by atoms with Crippen molar-refractivity contribution in [1.82, 2.24) is 20.1 Å². The molecule has 0 bridgehead atoms. The Morgan fingerprint density at radius 3 is 2.70 bits per heavy atom. The number of urea groups is 1. The summed E-state index contributed by atoms with van der Waals surface area (Å²) in [5.41, 5.74) is 1.64. The SMILES string of the molecule is CCNC(=O)N(CCN1CCOCC1)CC(=O)N1N=C(c2cccs2)C[C@H]1c1cc(OC)ccc1OC. The topological polar surface area (TPSA) is 95.9 Å². The molecule has 1 aromatic carbocycles. The number of ether oxygens (including phenoxy) is 3. The van der Waals surface area contributed by atoms with Crippen LogP contribution in [-0.4, -0.2) is 99.2 Å². The molecule has 0 spiro atoms. The number of methoxy groups -OCH3 is 2. The van der Waals surface area contributed by atoms with Gasteiger partial charge in [-0.3, -0.25) is 9.69 Å². The van der Waals surface area contributed by atoms with Crippen molar-refractivity contribution in [1.29, 1.82) is 0 Å². The van der Waals surface area contributed by atoms with E-state index in [1.807, 2.05) is 42.6 Å². The molecule has 0 radical (unpaired) electrons. The summed E-state index contributed by atoms with van der Waals surface area (Å²) in [5.74, 6) is 1.07. The number of hydrogen-bond donors (Lipinski definition) is 1. The number of amides is 3. The first-order chi connectivity index (χ1) is 18.0. The maximum absolute atomic E-state index is 13.8. The van der Waals surface area contributed by atoms with Gasteiger partial charge in [0.05, 0.1) is 44.1 Å². The maximum atomic E-state index is 13.8. The van der Waals surface area contributed by atoms with E-state index in [1.165, 1.54) is 5.01 Å². The zero-order valence-corrected chi connectivity index (χ0v) is 22.5. The minimum absolute atomic E-state index is 0.0832. The van der Waals surface area contributed by atoms with Crippen LogP contribution in [0.5, 0.6) is 11.5 Å². The van der Waals surface area contributed by atoms with Crippen LogP contribution in [-0.2, 0) is 9.53 Å². The Morgan fingerprint density at radius 1 is 1.22 bits per heavy atom. The first kappa shape index (κ1) is 26.9. The summed E-state index contributed by atoms with van der Waals surface area (Å²) in [6.45, 7) is 6.35. The van der Waals surface area contributed by atoms with Crippen molar-refractivity contribution in [2.75, 3.05) is 66.7 Å². The van der Waals surface area contributed by atoms with E-state index in [2.05, 4.69) is 10.2 Å². The van der Waals surface area contributed by atoms with Crippen LogP contribution < -0.4 is 14.8 Å². The third-order valence-corrected chi connectivity index (χ3v) is 7.42. The Balaban J connectivity index is 1.58. The fraction of sp³-hybridized carbons (Fsp3) is 0.500. The van der Waals surface area contributed by atoms with Gasteiger partial charge in [0.1, 0.15) is 18.0 Å². The number of rotatable bonds is 10. The lowest BCUT2D eigenvalue weighted by Crippen LogP contribution is -2.49. The molecule has 2 aromatic rings. The van der Waals surface area contributed by atoms with Gasteiger partial charge in [-0.1, -0.05) is 6.07 Å². The van der Waals surface area contributed by atoms with E-state index >= 15 is 0 Å². The lowest BCUT2D eigenvalue weighted by molar-refractivity contribution is -0.133. The lowest BCUT2D eigenvalue weighted by Gasteiger charge is -2.31. The quantitative estimate of drug-likeness (QED) is 0.509. The molecule has 3 amide bonds. The molecule has 0 saturated carbocycles. The van der Waals surface area contributed by atoms with Gasteiger partial charge in [0.15, 0.2) is 0 Å². The van der Waals surface area contributed by atoms with E-state index in [-0.39, 0.29) is 24.5 Å². The molecule has 0 aliphatic carbocycles. The molecule has 4 rings (SSSR count). The van der Waals surface area contributed by atoms with Crippen LogP contribution in [0.4, 0.5) is 4.79 Å². The molecule has 10 nitrogen and oxygen atoms in total. The van der Waals surface area contributed by atoms with Gasteiger partial charge < -0.3 is 24.4 Å². The summed E-state index contributed by atoms with van der Waals surface area (Å²) < 4.78 is 16.5. The summed E-state index contributed by atoms with van der Waals surface area (Å²) in [6.07, 6.45) is 0.532. The molecule has 1 aromatic heterocycles. The number of thiophene rings is 1. The van der Waals surface area contributed by atoms with Crippen molar-refractivity contribution < 1.29 is 23.8 Å². The van der Waals surface area contributed by atoms with Gasteiger partial charge >= 0.3 is 6.03 Å². The fourth-order valence-corrected chi connectivity index (χ4v) is 5.23. The van der Waals surface area contributed by atoms with Gasteiger partial charge in [-0.25, -0.2) is 9.80 Å². The van der Waals surface area contributed by atoms with Crippen LogP contribution in [0, 0.1) is 0 Å². The van der Waals surface area contributed by atoms with Gasteiger partial charge in [-0.15, -0.1) is 11.3 Å². The van der Waals surface area contributed by atoms with E-state index in [0.29, 0.717) is 50.8 Å². The molecular formula is C26H35N5O5S. The van der Waals surface area contributed by atoms with Gasteiger partial charge in [0.2, 0.25) is 0 Å². The van der Waals surface area contributed by atoms with Gasteiger partial charge in [0.25, 0.3) is 5.91 Å². The van der Waals surface area contributed by atoms with Crippen LogP contribution in [0.1, 0.15) is 29.8 Å². The van der Waals surface area contributed by atoms with E-state index in [1.54, 1.807) is 30.5 Å². The lowest BCUT2D eigenvalue weighted by atomic mass is 9.99. The number of hydrazone groups is 1. The van der Waals surface area contributed by atoms with Crippen LogP contribution in [0.25, 0.3) is 0 Å². The summed E-state index contributed by atoms with van der Waals surface area (Å²) in [4.78, 5) is 31.5. The van der Waals surface area contributed by atoms with Gasteiger partial charge in [-0.05, 0) is 36.6 Å². The Bertz CT molecular complexity index is 1090. The minimum atomic E-state index is -0.384. The number of benzene rings is 1. The standard InChI is InChI=1S/C26H35N5O5S/c1-4-27-26(33)30(10-9-29-11-13-36-14-12-29)18-25(32)31-22(17-21(28-31)24-6-5-15-37-24)20-16-19(34-2)7-8-23(20)35-3/h5-8,15-16,22H,4,9-14,17-18H2,1-3H3,(H,27,33)/t22-/m0/s1. The third-order valence-electron chi connectivity index (χ3n) is 6.50. The molecule has 1 N–H and O–H groups in total. The molecule has 1 fully saturated rings. The van der Waals surface area contributed by atoms with E-state index < -0.39 is 0 Å². The fourth-order valence-electron chi connectivity index (χ4n) is 4.51. The predicted octanol–water partition coefficient (Wildman–Crippen LogP) is 2.81. The second-order valence-corrected chi connectivity index (χ2v) is 9.75. The molecule has 1 atom stereocenters.